The van der Waals surface area contributed by atoms with Crippen molar-refractivity contribution >= 4 is 6.08 Å². The first-order valence-corrected chi connectivity index (χ1v) is 5.63. The highest BCUT2D eigenvalue weighted by Crippen LogP contribution is 2.22. The Labute approximate surface area is 98.1 Å². The molecule has 0 heterocycles. The summed E-state index contributed by atoms with van der Waals surface area (Å²) >= 11 is 0. The first-order chi connectivity index (χ1) is 7.54. The quantitative estimate of drug-likeness (QED) is 0.623. The monoisotopic (exact) mass is 219 g/mol. The van der Waals surface area contributed by atoms with Crippen molar-refractivity contribution < 1.29 is 4.84 Å². The lowest BCUT2D eigenvalue weighted by atomic mass is 9.87. The third-order valence-corrected chi connectivity index (χ3v) is 2.49. The maximum Gasteiger partial charge on any atom is 0.0713 e. The molecule has 2 nitrogen and oxygen atoms in total. The van der Waals surface area contributed by atoms with Crippen LogP contribution < -0.4 is 5.90 Å². The number of benzene rings is 1. The van der Waals surface area contributed by atoms with E-state index in [0.717, 1.165) is 6.42 Å². The van der Waals surface area contributed by atoms with Crippen LogP contribution in [0.15, 0.2) is 30.3 Å². The highest BCUT2D eigenvalue weighted by Gasteiger charge is 2.12. The van der Waals surface area contributed by atoms with Gasteiger partial charge in [0.25, 0.3) is 0 Å². The number of hydrogen-bond donors (Lipinski definition) is 1. The number of rotatable bonds is 4. The van der Waals surface area contributed by atoms with Gasteiger partial charge in [-0.2, -0.15) is 0 Å². The number of hydrogen-bond acceptors (Lipinski definition) is 2. The zero-order valence-electron chi connectivity index (χ0n) is 10.4. The zero-order valence-corrected chi connectivity index (χ0v) is 10.4. The Bertz CT molecular complexity index is 333. The predicted molar refractivity (Wildman–Crippen MR) is 68.9 cm³/mol. The minimum absolute atomic E-state index is 0.218. The van der Waals surface area contributed by atoms with E-state index in [1.54, 1.807) is 0 Å². The van der Waals surface area contributed by atoms with E-state index in [0.29, 0.717) is 6.61 Å². The van der Waals surface area contributed by atoms with Crippen LogP contribution >= 0.6 is 0 Å². The molecule has 16 heavy (non-hydrogen) atoms. The van der Waals surface area contributed by atoms with Gasteiger partial charge in [0.2, 0.25) is 0 Å². The smallest absolute Gasteiger partial charge is 0.0713 e. The Kier molecular flexibility index (Phi) is 4.71. The lowest BCUT2D eigenvalue weighted by molar-refractivity contribution is 0.143. The molecule has 1 aromatic rings. The van der Waals surface area contributed by atoms with Crippen molar-refractivity contribution in [1.29, 1.82) is 0 Å². The second-order valence-corrected chi connectivity index (χ2v) is 4.93. The lowest BCUT2D eigenvalue weighted by Crippen LogP contribution is -2.10. The standard InChI is InChI=1S/C14H21NO/c1-14(2,3)13-9-7-12(8-10-13)6-4-5-11-16-15/h4,6-10H,5,11,15H2,1-3H3/b6-4+. The minimum atomic E-state index is 0.218. The minimum Gasteiger partial charge on any atom is -0.304 e. The summed E-state index contributed by atoms with van der Waals surface area (Å²) in [7, 11) is 0. The molecule has 0 bridgehead atoms. The molecule has 0 aliphatic heterocycles. The summed E-state index contributed by atoms with van der Waals surface area (Å²) < 4.78 is 0. The molecule has 0 spiro atoms. The second-order valence-electron chi connectivity index (χ2n) is 4.93. The van der Waals surface area contributed by atoms with Crippen LogP contribution in [-0.2, 0) is 10.3 Å². The van der Waals surface area contributed by atoms with Crippen LogP contribution in [0.2, 0.25) is 0 Å². The summed E-state index contributed by atoms with van der Waals surface area (Å²) in [5.41, 5.74) is 2.79. The van der Waals surface area contributed by atoms with Gasteiger partial charge in [-0.15, -0.1) is 0 Å². The fourth-order valence-corrected chi connectivity index (χ4v) is 1.45. The first kappa shape index (κ1) is 12.9. The van der Waals surface area contributed by atoms with E-state index in [4.69, 9.17) is 5.90 Å². The van der Waals surface area contributed by atoms with Gasteiger partial charge in [0.05, 0.1) is 6.61 Å². The molecular weight excluding hydrogens is 198 g/mol. The van der Waals surface area contributed by atoms with Crippen LogP contribution in [0.1, 0.15) is 38.3 Å². The fraction of sp³-hybridized carbons (Fsp3) is 0.429. The molecule has 0 amide bonds. The van der Waals surface area contributed by atoms with E-state index in [1.165, 1.54) is 11.1 Å². The molecule has 0 fully saturated rings. The Morgan fingerprint density at radius 2 is 1.81 bits per heavy atom. The molecule has 0 aliphatic rings. The highest BCUT2D eigenvalue weighted by atomic mass is 16.6. The summed E-state index contributed by atoms with van der Waals surface area (Å²) in [6.07, 6.45) is 5.00. The molecule has 1 rings (SSSR count). The van der Waals surface area contributed by atoms with E-state index < -0.39 is 0 Å². The van der Waals surface area contributed by atoms with E-state index in [1.807, 2.05) is 0 Å². The lowest BCUT2D eigenvalue weighted by Gasteiger charge is -2.18. The molecule has 0 aliphatic carbocycles. The molecule has 0 radical (unpaired) electrons. The summed E-state index contributed by atoms with van der Waals surface area (Å²) in [4.78, 5) is 4.49. The summed E-state index contributed by atoms with van der Waals surface area (Å²) in [6, 6.07) is 8.64. The van der Waals surface area contributed by atoms with Crippen LogP contribution in [0.25, 0.3) is 6.08 Å². The van der Waals surface area contributed by atoms with Gasteiger partial charge in [-0.3, -0.25) is 0 Å². The van der Waals surface area contributed by atoms with Crippen LogP contribution in [0, 0.1) is 0 Å². The maximum absolute atomic E-state index is 4.94. The largest absolute Gasteiger partial charge is 0.304 e. The van der Waals surface area contributed by atoms with E-state index in [-0.39, 0.29) is 5.41 Å². The predicted octanol–water partition coefficient (Wildman–Crippen LogP) is 3.28. The van der Waals surface area contributed by atoms with Crippen molar-refractivity contribution in [2.45, 2.75) is 32.6 Å². The summed E-state index contributed by atoms with van der Waals surface area (Å²) in [6.45, 7) is 7.22. The van der Waals surface area contributed by atoms with Crippen molar-refractivity contribution in [2.24, 2.45) is 5.90 Å². The summed E-state index contributed by atoms with van der Waals surface area (Å²) in [5.74, 6) is 4.94. The maximum atomic E-state index is 4.94. The average Bonchev–Trinajstić information content (AvgIpc) is 2.24. The van der Waals surface area contributed by atoms with Gasteiger partial charge in [0, 0.05) is 0 Å². The normalized spacial score (nSPS) is 12.2. The first-order valence-electron chi connectivity index (χ1n) is 5.63. The Hall–Kier alpha value is -1.12. The van der Waals surface area contributed by atoms with Crippen molar-refractivity contribution in [3.8, 4) is 0 Å². The van der Waals surface area contributed by atoms with Crippen LogP contribution in [0.3, 0.4) is 0 Å². The van der Waals surface area contributed by atoms with E-state index in [2.05, 4.69) is 62.0 Å². The van der Waals surface area contributed by atoms with Crippen molar-refractivity contribution in [3.63, 3.8) is 0 Å². The molecule has 0 saturated heterocycles. The van der Waals surface area contributed by atoms with Crippen LogP contribution in [0.5, 0.6) is 0 Å². The molecule has 1 aromatic carbocycles. The number of nitrogens with two attached hydrogens (primary N) is 1. The molecule has 88 valence electrons. The van der Waals surface area contributed by atoms with Crippen LogP contribution in [-0.4, -0.2) is 6.61 Å². The Balaban J connectivity index is 2.61. The van der Waals surface area contributed by atoms with Gasteiger partial charge in [0.1, 0.15) is 0 Å². The van der Waals surface area contributed by atoms with Gasteiger partial charge in [-0.1, -0.05) is 57.2 Å². The molecule has 0 atom stereocenters. The van der Waals surface area contributed by atoms with Gasteiger partial charge < -0.3 is 4.84 Å². The third kappa shape index (κ3) is 4.17. The second kappa shape index (κ2) is 5.83. The molecule has 2 N–H and O–H groups in total. The fourth-order valence-electron chi connectivity index (χ4n) is 1.45. The average molecular weight is 219 g/mol. The van der Waals surface area contributed by atoms with Crippen molar-refractivity contribution in [3.05, 3.63) is 41.5 Å². The van der Waals surface area contributed by atoms with Crippen molar-refractivity contribution in [2.75, 3.05) is 6.61 Å². The van der Waals surface area contributed by atoms with Gasteiger partial charge in [0.15, 0.2) is 0 Å². The Morgan fingerprint density at radius 1 is 1.19 bits per heavy atom. The Morgan fingerprint density at radius 3 is 2.31 bits per heavy atom. The molecular formula is C14H21NO. The van der Waals surface area contributed by atoms with Gasteiger partial charge in [-0.05, 0) is 23.0 Å². The SMILES string of the molecule is CC(C)(C)c1ccc(/C=C/CCON)cc1. The van der Waals surface area contributed by atoms with Gasteiger partial charge in [-0.25, -0.2) is 5.90 Å². The van der Waals surface area contributed by atoms with E-state index in [9.17, 15) is 0 Å². The van der Waals surface area contributed by atoms with E-state index >= 15 is 0 Å². The van der Waals surface area contributed by atoms with Crippen LogP contribution in [0.4, 0.5) is 0 Å². The molecule has 0 aromatic heterocycles. The topological polar surface area (TPSA) is 35.2 Å². The zero-order chi connectivity index (χ0) is 12.0. The van der Waals surface area contributed by atoms with Gasteiger partial charge >= 0.3 is 0 Å². The molecule has 0 saturated carbocycles. The highest BCUT2D eigenvalue weighted by molar-refractivity contribution is 5.50. The molecule has 0 unspecified atom stereocenters. The molecule has 2 heteroatoms. The van der Waals surface area contributed by atoms with Crippen molar-refractivity contribution in [1.82, 2.24) is 0 Å². The third-order valence-electron chi connectivity index (χ3n) is 2.49. The summed E-state index contributed by atoms with van der Waals surface area (Å²) in [5, 5.41) is 0.